The lowest BCUT2D eigenvalue weighted by Gasteiger charge is -2.11. The fourth-order valence-corrected chi connectivity index (χ4v) is 3.30. The van der Waals surface area contributed by atoms with Crippen molar-refractivity contribution in [2.45, 2.75) is 0 Å². The summed E-state index contributed by atoms with van der Waals surface area (Å²) < 4.78 is 10.6. The molecule has 6 nitrogen and oxygen atoms in total. The van der Waals surface area contributed by atoms with Gasteiger partial charge in [-0.3, -0.25) is 0 Å². The molecule has 0 atom stereocenters. The predicted octanol–water partition coefficient (Wildman–Crippen LogP) is 5.21. The maximum absolute atomic E-state index is 12.5. The highest BCUT2D eigenvalue weighted by molar-refractivity contribution is 6.03. The van der Waals surface area contributed by atoms with E-state index in [-0.39, 0.29) is 12.8 Å². The van der Waals surface area contributed by atoms with Gasteiger partial charge in [0.15, 0.2) is 11.5 Å². The first kappa shape index (κ1) is 16.3. The van der Waals surface area contributed by atoms with Gasteiger partial charge in [0.25, 0.3) is 0 Å². The Hall–Kier alpha value is -3.93. The van der Waals surface area contributed by atoms with Crippen molar-refractivity contribution in [3.8, 4) is 22.8 Å². The van der Waals surface area contributed by atoms with Gasteiger partial charge in [-0.05, 0) is 30.3 Å². The Labute approximate surface area is 161 Å². The number of amides is 2. The summed E-state index contributed by atoms with van der Waals surface area (Å²) in [6, 6.07) is 22.8. The minimum absolute atomic E-state index is 0.197. The van der Waals surface area contributed by atoms with Crippen LogP contribution in [0.2, 0.25) is 0 Å². The van der Waals surface area contributed by atoms with Crippen LogP contribution in [0.4, 0.5) is 16.2 Å². The number of aromatic nitrogens is 1. The maximum Gasteiger partial charge on any atom is 0.323 e. The summed E-state index contributed by atoms with van der Waals surface area (Å²) in [5.41, 5.74) is 4.26. The van der Waals surface area contributed by atoms with E-state index in [1.807, 2.05) is 42.5 Å². The number of nitrogens with one attached hydrogen (secondary N) is 3. The minimum Gasteiger partial charge on any atom is -0.454 e. The molecule has 0 spiro atoms. The second kappa shape index (κ2) is 6.66. The molecule has 4 aromatic rings. The average molecular weight is 371 g/mol. The SMILES string of the molecule is O=C(Nc1ccc2c(c1)OCO2)Nc1ccccc1-c1cc2ccccc2[nH]1. The fourth-order valence-electron chi connectivity index (χ4n) is 3.30. The highest BCUT2D eigenvalue weighted by Crippen LogP contribution is 2.34. The standard InChI is InChI=1S/C22H17N3O3/c26-22(23-15-9-10-20-21(12-15)28-13-27-20)25-18-8-4-2-6-16(18)19-11-14-5-1-3-7-17(14)24-19/h1-12,24H,13H2,(H2,23,25,26). The number of H-pyrrole nitrogens is 1. The number of rotatable bonds is 3. The van der Waals surface area contributed by atoms with Crippen molar-refractivity contribution < 1.29 is 14.3 Å². The molecule has 1 aromatic heterocycles. The molecule has 2 amide bonds. The van der Waals surface area contributed by atoms with Crippen LogP contribution in [-0.4, -0.2) is 17.8 Å². The maximum atomic E-state index is 12.5. The van der Waals surface area contributed by atoms with Crippen LogP contribution < -0.4 is 20.1 Å². The summed E-state index contributed by atoms with van der Waals surface area (Å²) in [6.07, 6.45) is 0. The number of hydrogen-bond acceptors (Lipinski definition) is 3. The fraction of sp³-hybridized carbons (Fsp3) is 0.0455. The Morgan fingerprint density at radius 3 is 2.61 bits per heavy atom. The molecule has 0 aliphatic carbocycles. The first-order valence-corrected chi connectivity index (χ1v) is 8.91. The molecule has 0 saturated carbocycles. The number of urea groups is 1. The zero-order valence-electron chi connectivity index (χ0n) is 14.9. The lowest BCUT2D eigenvalue weighted by molar-refractivity contribution is 0.174. The first-order valence-electron chi connectivity index (χ1n) is 8.91. The van der Waals surface area contributed by atoms with Gasteiger partial charge in [-0.25, -0.2) is 4.79 Å². The predicted molar refractivity (Wildman–Crippen MR) is 109 cm³/mol. The van der Waals surface area contributed by atoms with Crippen molar-refractivity contribution in [3.05, 3.63) is 72.8 Å². The topological polar surface area (TPSA) is 75.4 Å². The monoisotopic (exact) mass is 371 g/mol. The minimum atomic E-state index is -0.331. The average Bonchev–Trinajstić information content (AvgIpc) is 3.34. The molecule has 2 heterocycles. The van der Waals surface area contributed by atoms with Gasteiger partial charge in [0.05, 0.1) is 5.69 Å². The van der Waals surface area contributed by atoms with Crippen LogP contribution in [0.1, 0.15) is 0 Å². The number of carbonyl (C=O) groups excluding carboxylic acids is 1. The van der Waals surface area contributed by atoms with E-state index in [1.54, 1.807) is 18.2 Å². The van der Waals surface area contributed by atoms with Gasteiger partial charge < -0.3 is 25.1 Å². The summed E-state index contributed by atoms with van der Waals surface area (Å²) in [5.74, 6) is 1.30. The normalized spacial score (nSPS) is 12.1. The zero-order chi connectivity index (χ0) is 18.9. The van der Waals surface area contributed by atoms with Crippen LogP contribution in [0.25, 0.3) is 22.2 Å². The number of anilines is 2. The summed E-state index contributed by atoms with van der Waals surface area (Å²) in [4.78, 5) is 15.9. The van der Waals surface area contributed by atoms with E-state index < -0.39 is 0 Å². The van der Waals surface area contributed by atoms with E-state index in [0.717, 1.165) is 22.2 Å². The molecule has 0 radical (unpaired) electrons. The van der Waals surface area contributed by atoms with Gasteiger partial charge in [-0.2, -0.15) is 0 Å². The summed E-state index contributed by atoms with van der Waals surface area (Å²) in [5, 5.41) is 6.88. The van der Waals surface area contributed by atoms with Crippen LogP contribution in [0.5, 0.6) is 11.5 Å². The lowest BCUT2D eigenvalue weighted by Crippen LogP contribution is -2.19. The number of fused-ring (bicyclic) bond motifs is 2. The van der Waals surface area contributed by atoms with E-state index in [4.69, 9.17) is 9.47 Å². The molecule has 0 saturated heterocycles. The number of benzene rings is 3. The van der Waals surface area contributed by atoms with E-state index in [9.17, 15) is 4.79 Å². The molecular formula is C22H17N3O3. The van der Waals surface area contributed by atoms with Crippen molar-refractivity contribution >= 4 is 28.3 Å². The molecule has 1 aliphatic rings. The third kappa shape index (κ3) is 3.01. The second-order valence-corrected chi connectivity index (χ2v) is 6.46. The first-order chi connectivity index (χ1) is 13.8. The number of ether oxygens (including phenoxy) is 2. The van der Waals surface area contributed by atoms with E-state index in [0.29, 0.717) is 22.9 Å². The van der Waals surface area contributed by atoms with Crippen molar-refractivity contribution in [1.29, 1.82) is 0 Å². The molecule has 1 aliphatic heterocycles. The van der Waals surface area contributed by atoms with Crippen LogP contribution in [0, 0.1) is 0 Å². The Balaban J connectivity index is 1.39. The van der Waals surface area contributed by atoms with Crippen molar-refractivity contribution in [2.24, 2.45) is 0 Å². The van der Waals surface area contributed by atoms with E-state index in [2.05, 4.69) is 27.8 Å². The van der Waals surface area contributed by atoms with Crippen molar-refractivity contribution in [2.75, 3.05) is 17.4 Å². The molecule has 3 aromatic carbocycles. The van der Waals surface area contributed by atoms with Gasteiger partial charge in [-0.15, -0.1) is 0 Å². The van der Waals surface area contributed by atoms with Crippen LogP contribution in [-0.2, 0) is 0 Å². The van der Waals surface area contributed by atoms with Crippen molar-refractivity contribution in [1.82, 2.24) is 4.98 Å². The molecule has 3 N–H and O–H groups in total. The Morgan fingerprint density at radius 2 is 1.68 bits per heavy atom. The van der Waals surface area contributed by atoms with Crippen LogP contribution in [0.15, 0.2) is 72.8 Å². The Kier molecular flexibility index (Phi) is 3.87. The third-order valence-corrected chi connectivity index (χ3v) is 4.63. The number of aromatic amines is 1. The largest absolute Gasteiger partial charge is 0.454 e. The highest BCUT2D eigenvalue weighted by Gasteiger charge is 2.15. The Morgan fingerprint density at radius 1 is 0.857 bits per heavy atom. The highest BCUT2D eigenvalue weighted by atomic mass is 16.7. The van der Waals surface area contributed by atoms with Gasteiger partial charge in [0.1, 0.15) is 0 Å². The van der Waals surface area contributed by atoms with Gasteiger partial charge in [0.2, 0.25) is 6.79 Å². The quantitative estimate of drug-likeness (QED) is 0.463. The summed E-state index contributed by atoms with van der Waals surface area (Å²) >= 11 is 0. The molecule has 28 heavy (non-hydrogen) atoms. The molecular weight excluding hydrogens is 354 g/mol. The molecule has 0 bridgehead atoms. The van der Waals surface area contributed by atoms with Gasteiger partial charge in [0, 0.05) is 33.9 Å². The smallest absolute Gasteiger partial charge is 0.323 e. The molecule has 0 unspecified atom stereocenters. The number of carbonyl (C=O) groups is 1. The lowest BCUT2D eigenvalue weighted by atomic mass is 10.1. The van der Waals surface area contributed by atoms with Crippen LogP contribution in [0.3, 0.4) is 0 Å². The van der Waals surface area contributed by atoms with Gasteiger partial charge in [-0.1, -0.05) is 36.4 Å². The molecule has 5 rings (SSSR count). The number of para-hydroxylation sites is 2. The Bertz CT molecular complexity index is 1150. The van der Waals surface area contributed by atoms with Crippen LogP contribution >= 0.6 is 0 Å². The summed E-state index contributed by atoms with van der Waals surface area (Å²) in [7, 11) is 0. The second-order valence-electron chi connectivity index (χ2n) is 6.46. The van der Waals surface area contributed by atoms with E-state index in [1.165, 1.54) is 0 Å². The van der Waals surface area contributed by atoms with Gasteiger partial charge >= 0.3 is 6.03 Å². The van der Waals surface area contributed by atoms with Crippen molar-refractivity contribution in [3.63, 3.8) is 0 Å². The summed E-state index contributed by atoms with van der Waals surface area (Å²) in [6.45, 7) is 0.197. The third-order valence-electron chi connectivity index (χ3n) is 4.63. The molecule has 0 fully saturated rings. The van der Waals surface area contributed by atoms with E-state index >= 15 is 0 Å². The molecule has 138 valence electrons. The molecule has 6 heteroatoms. The number of hydrogen-bond donors (Lipinski definition) is 3. The zero-order valence-corrected chi connectivity index (χ0v) is 14.9.